The van der Waals surface area contributed by atoms with Crippen LogP contribution in [0.2, 0.25) is 0 Å². The molecule has 1 unspecified atom stereocenters. The Bertz CT molecular complexity index is 346. The van der Waals surface area contributed by atoms with E-state index >= 15 is 0 Å². The van der Waals surface area contributed by atoms with Crippen LogP contribution in [-0.4, -0.2) is 11.1 Å². The topological polar surface area (TPSA) is 37.3 Å². The van der Waals surface area contributed by atoms with Crippen molar-refractivity contribution >= 4 is 17.6 Å². The largest absolute Gasteiger partial charge is 0.481 e. The molecule has 0 aliphatic carbocycles. The molecular weight excluding hydrogens is 236 g/mol. The highest BCUT2D eigenvalue weighted by molar-refractivity contribution is 6.20. The zero-order valence-electron chi connectivity index (χ0n) is 10.2. The molecule has 0 radical (unpaired) electrons. The van der Waals surface area contributed by atoms with Crippen LogP contribution in [0.3, 0.4) is 0 Å². The van der Waals surface area contributed by atoms with Gasteiger partial charge < -0.3 is 5.11 Å². The number of aliphatic carboxylic acids is 1. The van der Waals surface area contributed by atoms with Gasteiger partial charge in [-0.25, -0.2) is 0 Å². The molecule has 0 spiro atoms. The first kappa shape index (κ1) is 14.0. The predicted octanol–water partition coefficient (Wildman–Crippen LogP) is 4.17. The molecule has 0 bridgehead atoms. The molecule has 1 N–H and O–H groups in total. The molecule has 1 rings (SSSR count). The van der Waals surface area contributed by atoms with Crippen molar-refractivity contribution in [2.24, 2.45) is 0 Å². The van der Waals surface area contributed by atoms with E-state index in [0.29, 0.717) is 12.8 Å². The molecule has 0 saturated heterocycles. The Kier molecular flexibility index (Phi) is 6.06. The number of benzene rings is 1. The van der Waals surface area contributed by atoms with Crippen LogP contribution in [0.5, 0.6) is 0 Å². The molecule has 3 heteroatoms. The Morgan fingerprint density at radius 2 is 2.00 bits per heavy atom. The minimum atomic E-state index is -0.757. The molecule has 94 valence electrons. The van der Waals surface area contributed by atoms with E-state index in [-0.39, 0.29) is 11.8 Å². The SMILES string of the molecule is CCCc1ccc(C(Cl)CCCC(=O)O)cc1. The van der Waals surface area contributed by atoms with Crippen molar-refractivity contribution in [3.63, 3.8) is 0 Å². The van der Waals surface area contributed by atoms with Gasteiger partial charge in [-0.2, -0.15) is 0 Å². The molecule has 0 heterocycles. The standard InChI is InChI=1S/C14H19ClO2/c1-2-4-11-7-9-12(10-8-11)13(15)5-3-6-14(16)17/h7-10,13H,2-6H2,1H3,(H,16,17). The van der Waals surface area contributed by atoms with Gasteiger partial charge in [-0.3, -0.25) is 4.79 Å². The van der Waals surface area contributed by atoms with Gasteiger partial charge in [0.15, 0.2) is 0 Å². The summed E-state index contributed by atoms with van der Waals surface area (Å²) in [6.07, 6.45) is 3.76. The maximum absolute atomic E-state index is 10.4. The average Bonchev–Trinajstić information content (AvgIpc) is 2.30. The molecular formula is C14H19ClO2. The van der Waals surface area contributed by atoms with E-state index in [2.05, 4.69) is 19.1 Å². The van der Waals surface area contributed by atoms with Crippen molar-refractivity contribution in [1.29, 1.82) is 0 Å². The highest BCUT2D eigenvalue weighted by Crippen LogP contribution is 2.26. The van der Waals surface area contributed by atoms with Crippen molar-refractivity contribution in [3.8, 4) is 0 Å². The predicted molar refractivity (Wildman–Crippen MR) is 70.5 cm³/mol. The number of carboxylic acid groups (broad SMARTS) is 1. The van der Waals surface area contributed by atoms with Crippen LogP contribution in [0, 0.1) is 0 Å². The summed E-state index contributed by atoms with van der Waals surface area (Å²) >= 11 is 6.23. The van der Waals surface area contributed by atoms with E-state index in [4.69, 9.17) is 16.7 Å². The number of halogens is 1. The number of aryl methyl sites for hydroxylation is 1. The normalized spacial score (nSPS) is 12.4. The van der Waals surface area contributed by atoms with Crippen LogP contribution in [0.1, 0.15) is 49.1 Å². The maximum atomic E-state index is 10.4. The molecule has 1 aromatic carbocycles. The number of hydrogen-bond donors (Lipinski definition) is 1. The molecule has 0 fully saturated rings. The van der Waals surface area contributed by atoms with Crippen LogP contribution < -0.4 is 0 Å². The van der Waals surface area contributed by atoms with E-state index in [1.54, 1.807) is 0 Å². The lowest BCUT2D eigenvalue weighted by atomic mass is 10.0. The van der Waals surface area contributed by atoms with Gasteiger partial charge in [0.05, 0.1) is 5.38 Å². The van der Waals surface area contributed by atoms with E-state index in [9.17, 15) is 4.79 Å². The van der Waals surface area contributed by atoms with Crippen molar-refractivity contribution in [2.45, 2.75) is 44.4 Å². The Hall–Kier alpha value is -1.02. The highest BCUT2D eigenvalue weighted by Gasteiger charge is 2.08. The van der Waals surface area contributed by atoms with Crippen LogP contribution in [0.25, 0.3) is 0 Å². The highest BCUT2D eigenvalue weighted by atomic mass is 35.5. The first-order valence-corrected chi connectivity index (χ1v) is 6.51. The summed E-state index contributed by atoms with van der Waals surface area (Å²) in [5.74, 6) is -0.757. The van der Waals surface area contributed by atoms with Gasteiger partial charge in [-0.05, 0) is 30.4 Å². The molecule has 0 aliphatic heterocycles. The number of carbonyl (C=O) groups is 1. The third kappa shape index (κ3) is 5.22. The molecule has 0 aromatic heterocycles. The van der Waals surface area contributed by atoms with Gasteiger partial charge in [0.1, 0.15) is 0 Å². The van der Waals surface area contributed by atoms with Gasteiger partial charge in [0.2, 0.25) is 0 Å². The fraction of sp³-hybridized carbons (Fsp3) is 0.500. The second-order valence-corrected chi connectivity index (χ2v) is 4.77. The zero-order valence-corrected chi connectivity index (χ0v) is 10.9. The quantitative estimate of drug-likeness (QED) is 0.742. The van der Waals surface area contributed by atoms with Gasteiger partial charge in [0, 0.05) is 6.42 Å². The smallest absolute Gasteiger partial charge is 0.303 e. The number of rotatable bonds is 7. The summed E-state index contributed by atoms with van der Waals surface area (Å²) < 4.78 is 0. The minimum absolute atomic E-state index is 0.0787. The molecule has 1 aromatic rings. The van der Waals surface area contributed by atoms with Gasteiger partial charge in [-0.1, -0.05) is 37.6 Å². The Balaban J connectivity index is 2.45. The van der Waals surface area contributed by atoms with Crippen LogP contribution >= 0.6 is 11.6 Å². The third-order valence-electron chi connectivity index (χ3n) is 2.73. The van der Waals surface area contributed by atoms with Crippen molar-refractivity contribution < 1.29 is 9.90 Å². The molecule has 0 amide bonds. The van der Waals surface area contributed by atoms with Crippen molar-refractivity contribution in [1.82, 2.24) is 0 Å². The van der Waals surface area contributed by atoms with Gasteiger partial charge >= 0.3 is 5.97 Å². The molecule has 17 heavy (non-hydrogen) atoms. The van der Waals surface area contributed by atoms with E-state index < -0.39 is 5.97 Å². The fourth-order valence-electron chi connectivity index (χ4n) is 1.78. The lowest BCUT2D eigenvalue weighted by Crippen LogP contribution is -1.97. The first-order chi connectivity index (χ1) is 8.13. The fourth-order valence-corrected chi connectivity index (χ4v) is 2.08. The molecule has 0 aliphatic rings. The number of carboxylic acids is 1. The number of hydrogen-bond acceptors (Lipinski definition) is 1. The van der Waals surface area contributed by atoms with Crippen molar-refractivity contribution in [3.05, 3.63) is 35.4 Å². The van der Waals surface area contributed by atoms with E-state index in [1.165, 1.54) is 5.56 Å². The Labute approximate surface area is 108 Å². The Morgan fingerprint density at radius 1 is 1.35 bits per heavy atom. The summed E-state index contributed by atoms with van der Waals surface area (Å²) in [5, 5.41) is 8.47. The van der Waals surface area contributed by atoms with E-state index in [1.807, 2.05) is 12.1 Å². The van der Waals surface area contributed by atoms with Crippen LogP contribution in [0.4, 0.5) is 0 Å². The zero-order chi connectivity index (χ0) is 12.7. The summed E-state index contributed by atoms with van der Waals surface area (Å²) in [4.78, 5) is 10.4. The first-order valence-electron chi connectivity index (χ1n) is 6.08. The maximum Gasteiger partial charge on any atom is 0.303 e. The summed E-state index contributed by atoms with van der Waals surface area (Å²) in [5.41, 5.74) is 2.41. The summed E-state index contributed by atoms with van der Waals surface area (Å²) in [6.45, 7) is 2.16. The minimum Gasteiger partial charge on any atom is -0.481 e. The lowest BCUT2D eigenvalue weighted by molar-refractivity contribution is -0.137. The summed E-state index contributed by atoms with van der Waals surface area (Å²) in [6, 6.07) is 8.30. The van der Waals surface area contributed by atoms with Gasteiger partial charge in [0.25, 0.3) is 0 Å². The van der Waals surface area contributed by atoms with Gasteiger partial charge in [-0.15, -0.1) is 11.6 Å². The van der Waals surface area contributed by atoms with Crippen LogP contribution in [-0.2, 0) is 11.2 Å². The monoisotopic (exact) mass is 254 g/mol. The van der Waals surface area contributed by atoms with E-state index in [0.717, 1.165) is 18.4 Å². The number of alkyl halides is 1. The second kappa shape index (κ2) is 7.33. The third-order valence-corrected chi connectivity index (χ3v) is 3.20. The molecule has 0 saturated carbocycles. The lowest BCUT2D eigenvalue weighted by Gasteiger charge is -2.09. The van der Waals surface area contributed by atoms with Crippen LogP contribution in [0.15, 0.2) is 24.3 Å². The average molecular weight is 255 g/mol. The van der Waals surface area contributed by atoms with Crippen molar-refractivity contribution in [2.75, 3.05) is 0 Å². The second-order valence-electron chi connectivity index (χ2n) is 4.25. The molecule has 1 atom stereocenters. The summed E-state index contributed by atoms with van der Waals surface area (Å²) in [7, 11) is 0. The Morgan fingerprint density at radius 3 is 2.53 bits per heavy atom. The molecule has 2 nitrogen and oxygen atoms in total.